The number of aryl methyl sites for hydroxylation is 1. The number of carbonyl (C=O) groups excluding carboxylic acids is 1. The van der Waals surface area contributed by atoms with E-state index in [0.717, 1.165) is 28.1 Å². The van der Waals surface area contributed by atoms with Crippen LogP contribution in [0.4, 0.5) is 4.39 Å². The Hall–Kier alpha value is -2.92. The first-order valence-corrected chi connectivity index (χ1v) is 9.34. The Bertz CT molecular complexity index is 1040. The summed E-state index contributed by atoms with van der Waals surface area (Å²) in [5.74, 6) is -0.441. The molecule has 0 saturated carbocycles. The highest BCUT2D eigenvalue weighted by Crippen LogP contribution is 2.39. The summed E-state index contributed by atoms with van der Waals surface area (Å²) in [5, 5.41) is 2.66. The van der Waals surface area contributed by atoms with Gasteiger partial charge in [-0.15, -0.1) is 0 Å². The van der Waals surface area contributed by atoms with Gasteiger partial charge < -0.3 is 10.1 Å². The summed E-state index contributed by atoms with van der Waals surface area (Å²) in [4.78, 5) is 16.7. The topological polar surface area (TPSA) is 51.2 Å². The molecule has 1 aromatic heterocycles. The predicted molar refractivity (Wildman–Crippen MR) is 106 cm³/mol. The molecule has 6 heteroatoms. The van der Waals surface area contributed by atoms with Crippen LogP contribution in [0.2, 0.25) is 5.02 Å². The normalized spacial score (nSPS) is 15.0. The van der Waals surface area contributed by atoms with Crippen molar-refractivity contribution >= 4 is 17.5 Å². The van der Waals surface area contributed by atoms with E-state index in [-0.39, 0.29) is 23.2 Å². The maximum Gasteiger partial charge on any atom is 0.254 e. The minimum atomic E-state index is -0.717. The molecule has 142 valence electrons. The number of nitrogens with zero attached hydrogens (tertiary/aromatic N) is 1. The Balaban J connectivity index is 1.50. The summed E-state index contributed by atoms with van der Waals surface area (Å²) in [6.07, 6.45) is 2.18. The van der Waals surface area contributed by atoms with Gasteiger partial charge in [0.05, 0.1) is 22.8 Å². The third kappa shape index (κ3) is 3.58. The Morgan fingerprint density at radius 1 is 1.29 bits per heavy atom. The van der Waals surface area contributed by atoms with Gasteiger partial charge in [-0.05, 0) is 48.4 Å². The standard InChI is InChI=1S/C22H18ClFN2O2/c1-13-9-14-11-15(12-26-22(27)16-5-4-6-18(23)20(16)24)28-21(14)17(10-13)19-7-2-3-8-25-19/h2-10,15H,11-12H2,1H3,(H,26,27). The van der Waals surface area contributed by atoms with E-state index in [0.29, 0.717) is 6.42 Å². The molecule has 3 aromatic rings. The number of carbonyl (C=O) groups is 1. The second kappa shape index (κ2) is 7.60. The van der Waals surface area contributed by atoms with Crippen LogP contribution in [0.3, 0.4) is 0 Å². The molecular weight excluding hydrogens is 379 g/mol. The largest absolute Gasteiger partial charge is 0.487 e. The molecule has 1 unspecified atom stereocenters. The number of rotatable bonds is 4. The summed E-state index contributed by atoms with van der Waals surface area (Å²) < 4.78 is 20.1. The third-order valence-electron chi connectivity index (χ3n) is 4.67. The first-order valence-electron chi connectivity index (χ1n) is 8.96. The van der Waals surface area contributed by atoms with E-state index in [2.05, 4.69) is 16.4 Å². The van der Waals surface area contributed by atoms with Crippen molar-refractivity contribution in [3.05, 3.63) is 82.3 Å². The lowest BCUT2D eigenvalue weighted by Crippen LogP contribution is -2.34. The van der Waals surface area contributed by atoms with Gasteiger partial charge in [0.25, 0.3) is 5.91 Å². The summed E-state index contributed by atoms with van der Waals surface area (Å²) in [7, 11) is 0. The van der Waals surface area contributed by atoms with Crippen molar-refractivity contribution in [2.45, 2.75) is 19.4 Å². The molecule has 0 bridgehead atoms. The molecule has 2 heterocycles. The van der Waals surface area contributed by atoms with Gasteiger partial charge >= 0.3 is 0 Å². The molecule has 0 radical (unpaired) electrons. The Labute approximate surface area is 167 Å². The van der Waals surface area contributed by atoms with Crippen molar-refractivity contribution in [1.82, 2.24) is 10.3 Å². The van der Waals surface area contributed by atoms with Crippen molar-refractivity contribution in [1.29, 1.82) is 0 Å². The van der Waals surface area contributed by atoms with E-state index in [4.69, 9.17) is 16.3 Å². The van der Waals surface area contributed by atoms with Gasteiger partial charge in [-0.3, -0.25) is 9.78 Å². The van der Waals surface area contributed by atoms with Crippen molar-refractivity contribution in [3.8, 4) is 17.0 Å². The zero-order chi connectivity index (χ0) is 19.7. The fraction of sp³-hybridized carbons (Fsp3) is 0.182. The number of nitrogens with one attached hydrogen (secondary N) is 1. The molecule has 1 N–H and O–H groups in total. The van der Waals surface area contributed by atoms with Crippen LogP contribution in [-0.2, 0) is 6.42 Å². The maximum atomic E-state index is 14.0. The first-order chi connectivity index (χ1) is 13.5. The highest BCUT2D eigenvalue weighted by atomic mass is 35.5. The monoisotopic (exact) mass is 396 g/mol. The van der Waals surface area contributed by atoms with E-state index in [1.807, 2.05) is 31.2 Å². The number of hydrogen-bond acceptors (Lipinski definition) is 3. The number of halogens is 2. The third-order valence-corrected chi connectivity index (χ3v) is 4.96. The van der Waals surface area contributed by atoms with Crippen LogP contribution in [0.15, 0.2) is 54.7 Å². The van der Waals surface area contributed by atoms with Gasteiger partial charge in [0.2, 0.25) is 0 Å². The molecule has 1 aliphatic heterocycles. The Kier molecular flexibility index (Phi) is 5.01. The van der Waals surface area contributed by atoms with Crippen molar-refractivity contribution in [2.75, 3.05) is 6.54 Å². The molecule has 0 aliphatic carbocycles. The van der Waals surface area contributed by atoms with Crippen LogP contribution in [0.5, 0.6) is 5.75 Å². The molecular formula is C22H18ClFN2O2. The SMILES string of the molecule is Cc1cc2c(c(-c3ccccn3)c1)OC(CNC(=O)c1cccc(Cl)c1F)C2. The summed E-state index contributed by atoms with van der Waals surface area (Å²) in [6, 6.07) is 14.2. The molecule has 0 saturated heterocycles. The lowest BCUT2D eigenvalue weighted by Gasteiger charge is -2.14. The summed E-state index contributed by atoms with van der Waals surface area (Å²) in [5.41, 5.74) is 3.90. The molecule has 0 fully saturated rings. The number of hydrogen-bond donors (Lipinski definition) is 1. The van der Waals surface area contributed by atoms with E-state index in [1.165, 1.54) is 12.1 Å². The molecule has 28 heavy (non-hydrogen) atoms. The minimum Gasteiger partial charge on any atom is -0.487 e. The molecule has 4 rings (SSSR count). The Morgan fingerprint density at radius 3 is 2.93 bits per heavy atom. The van der Waals surface area contributed by atoms with Crippen molar-refractivity contribution in [2.24, 2.45) is 0 Å². The lowest BCUT2D eigenvalue weighted by molar-refractivity contribution is 0.0929. The predicted octanol–water partition coefficient (Wildman–Crippen LogP) is 4.58. The quantitative estimate of drug-likeness (QED) is 0.702. The zero-order valence-electron chi connectivity index (χ0n) is 15.2. The molecule has 1 aliphatic rings. The highest BCUT2D eigenvalue weighted by Gasteiger charge is 2.27. The average molecular weight is 397 g/mol. The minimum absolute atomic E-state index is 0.0759. The number of fused-ring (bicyclic) bond motifs is 1. The first kappa shape index (κ1) is 18.4. The van der Waals surface area contributed by atoms with Gasteiger partial charge in [-0.25, -0.2) is 4.39 Å². The van der Waals surface area contributed by atoms with Gasteiger partial charge in [-0.1, -0.05) is 29.8 Å². The maximum absolute atomic E-state index is 14.0. The van der Waals surface area contributed by atoms with Crippen LogP contribution in [-0.4, -0.2) is 23.5 Å². The zero-order valence-corrected chi connectivity index (χ0v) is 16.0. The fourth-order valence-electron chi connectivity index (χ4n) is 3.40. The molecule has 1 atom stereocenters. The number of amides is 1. The highest BCUT2D eigenvalue weighted by molar-refractivity contribution is 6.31. The summed E-state index contributed by atoms with van der Waals surface area (Å²) in [6.45, 7) is 2.30. The van der Waals surface area contributed by atoms with Crippen molar-refractivity contribution in [3.63, 3.8) is 0 Å². The molecule has 1 amide bonds. The second-order valence-electron chi connectivity index (χ2n) is 6.77. The number of ether oxygens (including phenoxy) is 1. The molecule has 4 nitrogen and oxygen atoms in total. The van der Waals surface area contributed by atoms with E-state index >= 15 is 0 Å². The number of aromatic nitrogens is 1. The van der Waals surface area contributed by atoms with Gasteiger partial charge in [0, 0.05) is 18.2 Å². The number of benzene rings is 2. The van der Waals surface area contributed by atoms with Crippen LogP contribution >= 0.6 is 11.6 Å². The second-order valence-corrected chi connectivity index (χ2v) is 7.18. The lowest BCUT2D eigenvalue weighted by atomic mass is 10.0. The Morgan fingerprint density at radius 2 is 2.14 bits per heavy atom. The number of pyridine rings is 1. The van der Waals surface area contributed by atoms with Gasteiger partial charge in [0.1, 0.15) is 11.9 Å². The van der Waals surface area contributed by atoms with Crippen LogP contribution in [0.25, 0.3) is 11.3 Å². The average Bonchev–Trinajstić information content (AvgIpc) is 3.11. The smallest absolute Gasteiger partial charge is 0.254 e. The van der Waals surface area contributed by atoms with E-state index < -0.39 is 11.7 Å². The molecule has 2 aromatic carbocycles. The van der Waals surface area contributed by atoms with Crippen LogP contribution < -0.4 is 10.1 Å². The fourth-order valence-corrected chi connectivity index (χ4v) is 3.57. The summed E-state index contributed by atoms with van der Waals surface area (Å²) >= 11 is 5.75. The van der Waals surface area contributed by atoms with Crippen LogP contribution in [0.1, 0.15) is 21.5 Å². The molecule has 0 spiro atoms. The van der Waals surface area contributed by atoms with Crippen molar-refractivity contribution < 1.29 is 13.9 Å². The van der Waals surface area contributed by atoms with E-state index in [9.17, 15) is 9.18 Å². The van der Waals surface area contributed by atoms with Gasteiger partial charge in [-0.2, -0.15) is 0 Å². The van der Waals surface area contributed by atoms with E-state index in [1.54, 1.807) is 12.3 Å². The van der Waals surface area contributed by atoms with Crippen LogP contribution in [0, 0.1) is 12.7 Å². The van der Waals surface area contributed by atoms with Gasteiger partial charge in [0.15, 0.2) is 5.82 Å².